The van der Waals surface area contributed by atoms with Crippen molar-refractivity contribution in [2.24, 2.45) is 0 Å². The van der Waals surface area contributed by atoms with E-state index in [0.29, 0.717) is 11.6 Å². The second-order valence-corrected chi connectivity index (χ2v) is 7.69. The summed E-state index contributed by atoms with van der Waals surface area (Å²) in [5.41, 5.74) is 3.29. The van der Waals surface area contributed by atoms with Gasteiger partial charge in [0.1, 0.15) is 5.82 Å². The number of halogens is 1. The lowest BCUT2D eigenvalue weighted by Gasteiger charge is -2.36. The molecule has 1 amide bonds. The Hall–Kier alpha value is -2.99. The van der Waals surface area contributed by atoms with Crippen LogP contribution >= 0.6 is 0 Å². The topological polar surface area (TPSA) is 41.4 Å². The van der Waals surface area contributed by atoms with E-state index in [1.807, 2.05) is 35.2 Å². The number of likely N-dealkylation sites (tertiary alicyclic amines) is 1. The summed E-state index contributed by atoms with van der Waals surface area (Å²) in [5.74, 6) is -0.195. The highest BCUT2D eigenvalue weighted by Crippen LogP contribution is 2.23. The van der Waals surface area contributed by atoms with Crippen LogP contribution in [0.3, 0.4) is 0 Å². The molecule has 2 heterocycles. The molecule has 0 spiro atoms. The average molecular weight is 392 g/mol. The molecule has 2 aromatic carbocycles. The lowest BCUT2D eigenvalue weighted by Crippen LogP contribution is -2.47. The van der Waals surface area contributed by atoms with Crippen molar-refractivity contribution >= 4 is 5.91 Å². The van der Waals surface area contributed by atoms with Crippen molar-refractivity contribution in [1.29, 1.82) is 0 Å². The molecule has 1 saturated heterocycles. The molecule has 29 heavy (non-hydrogen) atoms. The third-order valence-corrected chi connectivity index (χ3v) is 5.56. The fourth-order valence-corrected chi connectivity index (χ4v) is 3.84. The summed E-state index contributed by atoms with van der Waals surface area (Å²) >= 11 is 0. The number of benzene rings is 2. The molecule has 5 nitrogen and oxygen atoms in total. The molecule has 4 rings (SSSR count). The summed E-state index contributed by atoms with van der Waals surface area (Å²) in [7, 11) is 4.13. The monoisotopic (exact) mass is 392 g/mol. The van der Waals surface area contributed by atoms with Gasteiger partial charge in [-0.25, -0.2) is 9.07 Å². The van der Waals surface area contributed by atoms with E-state index in [1.165, 1.54) is 12.1 Å². The van der Waals surface area contributed by atoms with Gasteiger partial charge in [-0.1, -0.05) is 0 Å². The molecule has 0 N–H and O–H groups in total. The number of piperidine rings is 1. The van der Waals surface area contributed by atoms with Crippen molar-refractivity contribution in [3.63, 3.8) is 0 Å². The maximum Gasteiger partial charge on any atom is 0.253 e. The van der Waals surface area contributed by atoms with Gasteiger partial charge in [0.2, 0.25) is 0 Å². The summed E-state index contributed by atoms with van der Waals surface area (Å²) in [4.78, 5) is 17.1. The Labute approximate surface area is 170 Å². The molecule has 0 radical (unpaired) electrons. The summed E-state index contributed by atoms with van der Waals surface area (Å²) in [6.45, 7) is 1.57. The molecule has 150 valence electrons. The highest BCUT2D eigenvalue weighted by molar-refractivity contribution is 5.94. The number of likely N-dealkylation sites (N-methyl/N-ethyl adjacent to an activating group) is 1. The van der Waals surface area contributed by atoms with Gasteiger partial charge < -0.3 is 9.80 Å². The summed E-state index contributed by atoms with van der Waals surface area (Å²) in [6.07, 6.45) is 3.87. The lowest BCUT2D eigenvalue weighted by molar-refractivity contribution is 0.0635. The molecule has 1 aromatic heterocycles. The normalized spacial score (nSPS) is 17.0. The van der Waals surface area contributed by atoms with E-state index in [4.69, 9.17) is 0 Å². The third-order valence-electron chi connectivity index (χ3n) is 5.56. The predicted octanol–water partition coefficient (Wildman–Crippen LogP) is 3.84. The van der Waals surface area contributed by atoms with Gasteiger partial charge in [-0.15, -0.1) is 0 Å². The minimum atomic E-state index is -0.267. The largest absolute Gasteiger partial charge is 0.337 e. The first kappa shape index (κ1) is 19.3. The van der Waals surface area contributed by atoms with Crippen LogP contribution in [-0.2, 0) is 0 Å². The van der Waals surface area contributed by atoms with E-state index in [1.54, 1.807) is 23.0 Å². The molecule has 3 aromatic rings. The standard InChI is InChI=1S/C23H25FN4O/c1-26(2)21-4-3-15-27(16-21)23(29)18-7-11-20(12-8-18)28-22(13-14-25-28)17-5-9-19(24)10-6-17/h5-14,21H,3-4,15-16H2,1-2H3. The van der Waals surface area contributed by atoms with Crippen LogP contribution in [0.2, 0.25) is 0 Å². The van der Waals surface area contributed by atoms with E-state index in [-0.39, 0.29) is 11.7 Å². The van der Waals surface area contributed by atoms with Crippen LogP contribution in [0, 0.1) is 5.82 Å². The summed E-state index contributed by atoms with van der Waals surface area (Å²) in [5, 5.41) is 4.40. The first-order valence-electron chi connectivity index (χ1n) is 9.89. The van der Waals surface area contributed by atoms with Gasteiger partial charge in [0.25, 0.3) is 5.91 Å². The number of nitrogens with zero attached hydrogens (tertiary/aromatic N) is 4. The molecule has 1 fully saturated rings. The molecule has 1 unspecified atom stereocenters. The van der Waals surface area contributed by atoms with Crippen LogP contribution in [0.1, 0.15) is 23.2 Å². The van der Waals surface area contributed by atoms with Crippen molar-refractivity contribution in [3.8, 4) is 16.9 Å². The van der Waals surface area contributed by atoms with Crippen LogP contribution in [0.25, 0.3) is 16.9 Å². The molecule has 6 heteroatoms. The Morgan fingerprint density at radius 2 is 1.79 bits per heavy atom. The van der Waals surface area contributed by atoms with Crippen LogP contribution in [0.5, 0.6) is 0 Å². The minimum absolute atomic E-state index is 0.0716. The first-order valence-corrected chi connectivity index (χ1v) is 9.89. The molecule has 1 atom stereocenters. The Morgan fingerprint density at radius 1 is 1.07 bits per heavy atom. The zero-order chi connectivity index (χ0) is 20.4. The third kappa shape index (κ3) is 4.07. The maximum atomic E-state index is 13.2. The quantitative estimate of drug-likeness (QED) is 0.677. The van der Waals surface area contributed by atoms with Crippen LogP contribution in [-0.4, -0.2) is 58.7 Å². The van der Waals surface area contributed by atoms with E-state index in [9.17, 15) is 9.18 Å². The summed E-state index contributed by atoms with van der Waals surface area (Å²) < 4.78 is 15.0. The first-order chi connectivity index (χ1) is 14.0. The second kappa shape index (κ2) is 8.17. The fourth-order valence-electron chi connectivity index (χ4n) is 3.84. The van der Waals surface area contributed by atoms with E-state index < -0.39 is 0 Å². The highest BCUT2D eigenvalue weighted by Gasteiger charge is 2.25. The Kier molecular flexibility index (Phi) is 5.45. The number of carbonyl (C=O) groups excluding carboxylic acids is 1. The van der Waals surface area contributed by atoms with Gasteiger partial charge in [-0.3, -0.25) is 4.79 Å². The van der Waals surface area contributed by atoms with Gasteiger partial charge in [0.15, 0.2) is 0 Å². The Morgan fingerprint density at radius 3 is 2.48 bits per heavy atom. The van der Waals surface area contributed by atoms with Gasteiger partial charge >= 0.3 is 0 Å². The molecule has 0 aliphatic carbocycles. The molecular formula is C23H25FN4O. The minimum Gasteiger partial charge on any atom is -0.337 e. The van der Waals surface area contributed by atoms with Crippen LogP contribution in [0.15, 0.2) is 60.8 Å². The van der Waals surface area contributed by atoms with Crippen molar-refractivity contribution in [2.75, 3.05) is 27.2 Å². The number of aromatic nitrogens is 2. The predicted molar refractivity (Wildman–Crippen MR) is 112 cm³/mol. The van der Waals surface area contributed by atoms with Crippen molar-refractivity contribution in [1.82, 2.24) is 19.6 Å². The Balaban J connectivity index is 1.54. The molecule has 1 aliphatic heterocycles. The van der Waals surface area contributed by atoms with E-state index in [2.05, 4.69) is 24.1 Å². The number of carbonyl (C=O) groups is 1. The zero-order valence-electron chi connectivity index (χ0n) is 16.8. The number of rotatable bonds is 4. The molecule has 0 saturated carbocycles. The smallest absolute Gasteiger partial charge is 0.253 e. The maximum absolute atomic E-state index is 13.2. The second-order valence-electron chi connectivity index (χ2n) is 7.69. The van der Waals surface area contributed by atoms with Crippen molar-refractivity contribution < 1.29 is 9.18 Å². The van der Waals surface area contributed by atoms with Crippen LogP contribution < -0.4 is 0 Å². The van der Waals surface area contributed by atoms with E-state index in [0.717, 1.165) is 42.9 Å². The molecule has 1 aliphatic rings. The fraction of sp³-hybridized carbons (Fsp3) is 0.304. The van der Waals surface area contributed by atoms with Crippen LogP contribution in [0.4, 0.5) is 4.39 Å². The number of amides is 1. The van der Waals surface area contributed by atoms with E-state index >= 15 is 0 Å². The lowest BCUT2D eigenvalue weighted by atomic mass is 10.0. The summed E-state index contributed by atoms with van der Waals surface area (Å²) in [6, 6.07) is 16.2. The van der Waals surface area contributed by atoms with Gasteiger partial charge in [0, 0.05) is 30.3 Å². The zero-order valence-corrected chi connectivity index (χ0v) is 16.8. The average Bonchev–Trinajstić information content (AvgIpc) is 3.24. The Bertz CT molecular complexity index is 979. The van der Waals surface area contributed by atoms with Crippen molar-refractivity contribution in [2.45, 2.75) is 18.9 Å². The van der Waals surface area contributed by atoms with Gasteiger partial charge in [0.05, 0.1) is 17.6 Å². The van der Waals surface area contributed by atoms with Gasteiger partial charge in [-0.05, 0) is 81.5 Å². The molecular weight excluding hydrogens is 367 g/mol. The highest BCUT2D eigenvalue weighted by atomic mass is 19.1. The number of hydrogen-bond donors (Lipinski definition) is 0. The SMILES string of the molecule is CN(C)C1CCCN(C(=O)c2ccc(-n3nccc3-c3ccc(F)cc3)cc2)C1. The van der Waals surface area contributed by atoms with Gasteiger partial charge in [-0.2, -0.15) is 5.10 Å². The van der Waals surface area contributed by atoms with Crippen molar-refractivity contribution in [3.05, 3.63) is 72.2 Å². The molecule has 0 bridgehead atoms. The number of hydrogen-bond acceptors (Lipinski definition) is 3.